The summed E-state index contributed by atoms with van der Waals surface area (Å²) < 4.78 is 0. The molecule has 0 aliphatic carbocycles. The molecule has 0 aromatic heterocycles. The minimum atomic E-state index is -0.563. The van der Waals surface area contributed by atoms with Crippen LogP contribution in [0.3, 0.4) is 0 Å². The summed E-state index contributed by atoms with van der Waals surface area (Å²) in [5.41, 5.74) is 16.4. The number of carbonyl (C=O) groups excluding carboxylic acids is 1. The minimum Gasteiger partial charge on any atom is -0.401 e. The van der Waals surface area contributed by atoms with Crippen molar-refractivity contribution in [2.24, 2.45) is 17.2 Å². The molecule has 0 aliphatic rings. The Labute approximate surface area is 65.7 Å². The number of amides is 1. The third-order valence-corrected chi connectivity index (χ3v) is 1.25. The SMILES string of the molecule is C=CCC(N)=C(CN)C(N)=O. The highest BCUT2D eigenvalue weighted by atomic mass is 16.1. The normalized spacial score (nSPS) is 12.1. The summed E-state index contributed by atoms with van der Waals surface area (Å²) in [6.45, 7) is 3.55. The van der Waals surface area contributed by atoms with Crippen LogP contribution in [0, 0.1) is 0 Å². The summed E-state index contributed by atoms with van der Waals surface area (Å²) in [6.07, 6.45) is 2.03. The molecule has 0 unspecified atom stereocenters. The molecule has 0 aromatic rings. The van der Waals surface area contributed by atoms with Crippen molar-refractivity contribution in [3.8, 4) is 0 Å². The zero-order valence-corrected chi connectivity index (χ0v) is 6.34. The summed E-state index contributed by atoms with van der Waals surface area (Å²) in [5.74, 6) is -0.563. The maximum atomic E-state index is 10.6. The Balaban J connectivity index is 4.52. The smallest absolute Gasteiger partial charge is 0.247 e. The number of rotatable bonds is 4. The first-order valence-electron chi connectivity index (χ1n) is 3.21. The molecule has 62 valence electrons. The molecular formula is C7H13N3O. The molecule has 0 aromatic carbocycles. The van der Waals surface area contributed by atoms with Gasteiger partial charge in [-0.05, 0) is 0 Å². The van der Waals surface area contributed by atoms with Crippen molar-refractivity contribution < 1.29 is 4.79 Å². The van der Waals surface area contributed by atoms with Crippen LogP contribution in [0.25, 0.3) is 0 Å². The van der Waals surface area contributed by atoms with Crippen LogP contribution >= 0.6 is 0 Å². The zero-order chi connectivity index (χ0) is 8.85. The Bertz CT molecular complexity index is 196. The van der Waals surface area contributed by atoms with Gasteiger partial charge in [0.05, 0.1) is 0 Å². The molecule has 6 N–H and O–H groups in total. The van der Waals surface area contributed by atoms with E-state index in [-0.39, 0.29) is 12.1 Å². The van der Waals surface area contributed by atoms with E-state index in [2.05, 4.69) is 6.58 Å². The van der Waals surface area contributed by atoms with Crippen LogP contribution in [-0.4, -0.2) is 12.5 Å². The van der Waals surface area contributed by atoms with Gasteiger partial charge in [0.1, 0.15) is 0 Å². The molecule has 11 heavy (non-hydrogen) atoms. The summed E-state index contributed by atoms with van der Waals surface area (Å²) in [5, 5.41) is 0. The fourth-order valence-electron chi connectivity index (χ4n) is 0.669. The van der Waals surface area contributed by atoms with Gasteiger partial charge in [-0.1, -0.05) is 6.08 Å². The topological polar surface area (TPSA) is 95.1 Å². The quantitative estimate of drug-likeness (QED) is 0.367. The molecule has 0 atom stereocenters. The maximum absolute atomic E-state index is 10.6. The predicted molar refractivity (Wildman–Crippen MR) is 44.3 cm³/mol. The summed E-state index contributed by atoms with van der Waals surface area (Å²) in [7, 11) is 0. The second kappa shape index (κ2) is 4.51. The number of nitrogens with two attached hydrogens (primary N) is 3. The molecule has 0 saturated carbocycles. The van der Waals surface area contributed by atoms with Crippen LogP contribution in [0.4, 0.5) is 0 Å². The highest BCUT2D eigenvalue weighted by Gasteiger charge is 2.05. The van der Waals surface area contributed by atoms with Crippen LogP contribution < -0.4 is 17.2 Å². The lowest BCUT2D eigenvalue weighted by atomic mass is 10.1. The van der Waals surface area contributed by atoms with E-state index in [0.29, 0.717) is 12.1 Å². The first-order chi connectivity index (χ1) is 5.13. The Morgan fingerprint density at radius 3 is 2.27 bits per heavy atom. The molecule has 4 nitrogen and oxygen atoms in total. The Morgan fingerprint density at radius 1 is 1.45 bits per heavy atom. The van der Waals surface area contributed by atoms with Crippen molar-refractivity contribution in [3.63, 3.8) is 0 Å². The van der Waals surface area contributed by atoms with Crippen molar-refractivity contribution in [2.75, 3.05) is 6.54 Å². The van der Waals surface area contributed by atoms with E-state index in [0.717, 1.165) is 0 Å². The first-order valence-corrected chi connectivity index (χ1v) is 3.21. The molecule has 0 bridgehead atoms. The predicted octanol–water partition coefficient (Wildman–Crippen LogP) is -0.781. The Kier molecular flexibility index (Phi) is 3.98. The van der Waals surface area contributed by atoms with E-state index in [1.54, 1.807) is 6.08 Å². The molecule has 0 saturated heterocycles. The summed E-state index contributed by atoms with van der Waals surface area (Å²) >= 11 is 0. The van der Waals surface area contributed by atoms with Gasteiger partial charge in [-0.15, -0.1) is 6.58 Å². The van der Waals surface area contributed by atoms with Crippen LogP contribution in [-0.2, 0) is 4.79 Å². The molecular weight excluding hydrogens is 142 g/mol. The molecule has 0 fully saturated rings. The highest BCUT2D eigenvalue weighted by Crippen LogP contribution is 2.00. The largest absolute Gasteiger partial charge is 0.401 e. The average Bonchev–Trinajstić information content (AvgIpc) is 1.88. The number of primary amides is 1. The van der Waals surface area contributed by atoms with Gasteiger partial charge in [-0.2, -0.15) is 0 Å². The zero-order valence-electron chi connectivity index (χ0n) is 6.34. The Hall–Kier alpha value is -1.29. The molecule has 0 aliphatic heterocycles. The first kappa shape index (κ1) is 9.71. The average molecular weight is 155 g/mol. The number of allylic oxidation sites excluding steroid dienone is 1. The fraction of sp³-hybridized carbons (Fsp3) is 0.286. The molecule has 0 radical (unpaired) electrons. The standard InChI is InChI=1S/C7H13N3O/c1-2-3-6(9)5(4-8)7(10)11/h2H,1,3-4,8-9H2,(H2,10,11). The van der Waals surface area contributed by atoms with E-state index in [9.17, 15) is 4.79 Å². The van der Waals surface area contributed by atoms with Crippen molar-refractivity contribution in [3.05, 3.63) is 23.9 Å². The lowest BCUT2D eigenvalue weighted by Gasteiger charge is -2.03. The van der Waals surface area contributed by atoms with E-state index in [4.69, 9.17) is 17.2 Å². The number of hydrogen-bond donors (Lipinski definition) is 3. The summed E-state index contributed by atoms with van der Waals surface area (Å²) in [6, 6.07) is 0. The third kappa shape index (κ3) is 2.86. The van der Waals surface area contributed by atoms with E-state index in [1.165, 1.54) is 0 Å². The lowest BCUT2D eigenvalue weighted by Crippen LogP contribution is -2.24. The molecule has 4 heteroatoms. The van der Waals surface area contributed by atoms with E-state index < -0.39 is 5.91 Å². The van der Waals surface area contributed by atoms with E-state index in [1.807, 2.05) is 0 Å². The van der Waals surface area contributed by atoms with Gasteiger partial charge < -0.3 is 17.2 Å². The molecule has 0 heterocycles. The van der Waals surface area contributed by atoms with Gasteiger partial charge in [-0.25, -0.2) is 0 Å². The highest BCUT2D eigenvalue weighted by molar-refractivity contribution is 5.93. The second-order valence-electron chi connectivity index (χ2n) is 2.06. The Morgan fingerprint density at radius 2 is 2.00 bits per heavy atom. The fourth-order valence-corrected chi connectivity index (χ4v) is 0.669. The summed E-state index contributed by atoms with van der Waals surface area (Å²) in [4.78, 5) is 10.6. The van der Waals surface area contributed by atoms with Crippen LogP contribution in [0.5, 0.6) is 0 Å². The number of hydrogen-bond acceptors (Lipinski definition) is 3. The molecule has 0 spiro atoms. The van der Waals surface area contributed by atoms with Crippen molar-refractivity contribution in [2.45, 2.75) is 6.42 Å². The van der Waals surface area contributed by atoms with Gasteiger partial charge in [0, 0.05) is 24.2 Å². The lowest BCUT2D eigenvalue weighted by molar-refractivity contribution is -0.114. The molecule has 1 amide bonds. The van der Waals surface area contributed by atoms with Crippen molar-refractivity contribution in [1.29, 1.82) is 0 Å². The third-order valence-electron chi connectivity index (χ3n) is 1.25. The maximum Gasteiger partial charge on any atom is 0.247 e. The van der Waals surface area contributed by atoms with E-state index >= 15 is 0 Å². The number of carbonyl (C=O) groups is 1. The van der Waals surface area contributed by atoms with Crippen molar-refractivity contribution >= 4 is 5.91 Å². The molecule has 0 rings (SSSR count). The minimum absolute atomic E-state index is 0.0784. The van der Waals surface area contributed by atoms with Crippen LogP contribution in [0.15, 0.2) is 23.9 Å². The van der Waals surface area contributed by atoms with Gasteiger partial charge in [0.25, 0.3) is 0 Å². The van der Waals surface area contributed by atoms with Gasteiger partial charge in [0.15, 0.2) is 0 Å². The monoisotopic (exact) mass is 155 g/mol. The second-order valence-corrected chi connectivity index (χ2v) is 2.06. The van der Waals surface area contributed by atoms with Crippen LogP contribution in [0.1, 0.15) is 6.42 Å². The van der Waals surface area contributed by atoms with Gasteiger partial charge in [0.2, 0.25) is 5.91 Å². The van der Waals surface area contributed by atoms with Crippen molar-refractivity contribution in [1.82, 2.24) is 0 Å². The van der Waals surface area contributed by atoms with Gasteiger partial charge in [-0.3, -0.25) is 4.79 Å². The van der Waals surface area contributed by atoms with Gasteiger partial charge >= 0.3 is 0 Å². The van der Waals surface area contributed by atoms with Crippen LogP contribution in [0.2, 0.25) is 0 Å².